The maximum absolute atomic E-state index is 4.74. The van der Waals surface area contributed by atoms with Crippen LogP contribution in [-0.2, 0) is 0 Å². The van der Waals surface area contributed by atoms with Crippen molar-refractivity contribution >= 4 is 11.3 Å². The molecule has 0 aromatic carbocycles. The molecule has 1 fully saturated rings. The van der Waals surface area contributed by atoms with Crippen molar-refractivity contribution in [2.24, 2.45) is 0 Å². The molecule has 1 N–H and O–H groups in total. The second-order valence-corrected chi connectivity index (χ2v) is 6.64. The van der Waals surface area contributed by atoms with Crippen LogP contribution >= 0.6 is 11.3 Å². The predicted molar refractivity (Wildman–Crippen MR) is 78.3 cm³/mol. The Labute approximate surface area is 115 Å². The molecule has 0 aliphatic carbocycles. The maximum atomic E-state index is 4.74. The van der Waals surface area contributed by atoms with Gasteiger partial charge in [-0.05, 0) is 46.7 Å². The number of hydrogen-bond donors (Lipinski definition) is 1. The summed E-state index contributed by atoms with van der Waals surface area (Å²) in [7, 11) is 0. The SMILES string of the molecule is CCCN(C1CCNC1)C(C)c1nc(C)sc1C. The first-order valence-electron chi connectivity index (χ1n) is 7.03. The summed E-state index contributed by atoms with van der Waals surface area (Å²) < 4.78 is 0. The summed E-state index contributed by atoms with van der Waals surface area (Å²) >= 11 is 1.82. The second kappa shape index (κ2) is 6.13. The standard InChI is InChI=1S/C14H25N3S/c1-5-8-17(13-6-7-15-9-13)10(2)14-11(3)18-12(4)16-14/h10,13,15H,5-9H2,1-4H3. The summed E-state index contributed by atoms with van der Waals surface area (Å²) in [4.78, 5) is 8.76. The van der Waals surface area contributed by atoms with Crippen LogP contribution in [0.3, 0.4) is 0 Å². The molecule has 1 aliphatic rings. The third-order valence-electron chi connectivity index (χ3n) is 3.82. The topological polar surface area (TPSA) is 28.2 Å². The van der Waals surface area contributed by atoms with E-state index < -0.39 is 0 Å². The normalized spacial score (nSPS) is 21.7. The van der Waals surface area contributed by atoms with Gasteiger partial charge in [-0.15, -0.1) is 11.3 Å². The summed E-state index contributed by atoms with van der Waals surface area (Å²) in [5.74, 6) is 0. The van der Waals surface area contributed by atoms with Crippen LogP contribution in [-0.4, -0.2) is 35.6 Å². The van der Waals surface area contributed by atoms with Crippen LogP contribution < -0.4 is 5.32 Å². The smallest absolute Gasteiger partial charge is 0.0900 e. The molecule has 102 valence electrons. The molecular weight excluding hydrogens is 242 g/mol. The van der Waals surface area contributed by atoms with Gasteiger partial charge in [0.1, 0.15) is 0 Å². The average molecular weight is 267 g/mol. The van der Waals surface area contributed by atoms with Gasteiger partial charge in [0.2, 0.25) is 0 Å². The lowest BCUT2D eigenvalue weighted by Crippen LogP contribution is -2.39. The molecule has 1 aromatic heterocycles. The zero-order valence-electron chi connectivity index (χ0n) is 12.0. The van der Waals surface area contributed by atoms with Crippen molar-refractivity contribution in [3.8, 4) is 0 Å². The second-order valence-electron chi connectivity index (χ2n) is 5.23. The molecule has 2 unspecified atom stereocenters. The first-order valence-corrected chi connectivity index (χ1v) is 7.85. The fraction of sp³-hybridized carbons (Fsp3) is 0.786. The van der Waals surface area contributed by atoms with Crippen molar-refractivity contribution < 1.29 is 0 Å². The Bertz CT molecular complexity index is 382. The zero-order valence-corrected chi connectivity index (χ0v) is 12.8. The first kappa shape index (κ1) is 14.0. The molecule has 1 aliphatic heterocycles. The Kier molecular flexibility index (Phi) is 4.76. The largest absolute Gasteiger partial charge is 0.315 e. The van der Waals surface area contributed by atoms with E-state index in [4.69, 9.17) is 4.98 Å². The Hall–Kier alpha value is -0.450. The van der Waals surface area contributed by atoms with E-state index in [2.05, 4.69) is 37.9 Å². The van der Waals surface area contributed by atoms with E-state index in [0.29, 0.717) is 12.1 Å². The summed E-state index contributed by atoms with van der Waals surface area (Å²) in [6.07, 6.45) is 2.48. The highest BCUT2D eigenvalue weighted by molar-refractivity contribution is 7.11. The van der Waals surface area contributed by atoms with Gasteiger partial charge in [0.15, 0.2) is 0 Å². The van der Waals surface area contributed by atoms with E-state index in [9.17, 15) is 0 Å². The van der Waals surface area contributed by atoms with Gasteiger partial charge in [-0.1, -0.05) is 6.92 Å². The van der Waals surface area contributed by atoms with E-state index in [1.807, 2.05) is 11.3 Å². The lowest BCUT2D eigenvalue weighted by molar-refractivity contribution is 0.151. The predicted octanol–water partition coefficient (Wildman–Crippen LogP) is 2.89. The molecule has 0 spiro atoms. The van der Waals surface area contributed by atoms with E-state index in [1.165, 1.54) is 35.0 Å². The summed E-state index contributed by atoms with van der Waals surface area (Å²) in [5.41, 5.74) is 1.29. The molecule has 18 heavy (non-hydrogen) atoms. The third-order valence-corrected chi connectivity index (χ3v) is 4.72. The number of nitrogens with zero attached hydrogens (tertiary/aromatic N) is 2. The van der Waals surface area contributed by atoms with Gasteiger partial charge in [-0.2, -0.15) is 0 Å². The molecule has 1 saturated heterocycles. The molecule has 0 bridgehead atoms. The van der Waals surface area contributed by atoms with E-state index in [1.54, 1.807) is 0 Å². The Morgan fingerprint density at radius 2 is 2.28 bits per heavy atom. The van der Waals surface area contributed by atoms with Gasteiger partial charge >= 0.3 is 0 Å². The van der Waals surface area contributed by atoms with Crippen molar-refractivity contribution in [1.82, 2.24) is 15.2 Å². The highest BCUT2D eigenvalue weighted by Gasteiger charge is 2.28. The summed E-state index contributed by atoms with van der Waals surface area (Å²) in [6, 6.07) is 1.13. The van der Waals surface area contributed by atoms with Crippen molar-refractivity contribution in [3.05, 3.63) is 15.6 Å². The lowest BCUT2D eigenvalue weighted by Gasteiger charge is -2.33. The molecule has 0 saturated carbocycles. The fourth-order valence-electron chi connectivity index (χ4n) is 2.96. The van der Waals surface area contributed by atoms with E-state index >= 15 is 0 Å². The Balaban J connectivity index is 2.16. The molecule has 2 rings (SSSR count). The number of nitrogens with one attached hydrogen (secondary N) is 1. The average Bonchev–Trinajstić information content (AvgIpc) is 2.95. The minimum absolute atomic E-state index is 0.444. The molecular formula is C14H25N3S. The summed E-state index contributed by atoms with van der Waals surface area (Å²) in [6.45, 7) is 12.3. The number of aromatic nitrogens is 1. The molecule has 2 heterocycles. The van der Waals surface area contributed by atoms with E-state index in [0.717, 1.165) is 13.1 Å². The van der Waals surface area contributed by atoms with Gasteiger partial charge in [0.05, 0.1) is 16.7 Å². The van der Waals surface area contributed by atoms with Crippen LogP contribution in [0.5, 0.6) is 0 Å². The third kappa shape index (κ3) is 2.92. The van der Waals surface area contributed by atoms with Crippen LogP contribution in [0.4, 0.5) is 0 Å². The van der Waals surface area contributed by atoms with Gasteiger partial charge in [0, 0.05) is 17.5 Å². The molecule has 3 nitrogen and oxygen atoms in total. The molecule has 2 atom stereocenters. The van der Waals surface area contributed by atoms with Crippen LogP contribution in [0.2, 0.25) is 0 Å². The molecule has 1 aromatic rings. The maximum Gasteiger partial charge on any atom is 0.0900 e. The van der Waals surface area contributed by atoms with Crippen LogP contribution in [0, 0.1) is 13.8 Å². The zero-order chi connectivity index (χ0) is 13.1. The van der Waals surface area contributed by atoms with Crippen molar-refractivity contribution in [2.45, 2.75) is 52.6 Å². The number of aryl methyl sites for hydroxylation is 2. The van der Waals surface area contributed by atoms with Gasteiger partial charge in [-0.3, -0.25) is 4.90 Å². The highest BCUT2D eigenvalue weighted by atomic mass is 32.1. The van der Waals surface area contributed by atoms with E-state index in [-0.39, 0.29) is 0 Å². The minimum Gasteiger partial charge on any atom is -0.315 e. The van der Waals surface area contributed by atoms with Crippen LogP contribution in [0.25, 0.3) is 0 Å². The highest BCUT2D eigenvalue weighted by Crippen LogP contribution is 2.29. The monoisotopic (exact) mass is 267 g/mol. The first-order chi connectivity index (χ1) is 8.63. The van der Waals surface area contributed by atoms with Crippen molar-refractivity contribution in [2.75, 3.05) is 19.6 Å². The van der Waals surface area contributed by atoms with Crippen molar-refractivity contribution in [1.29, 1.82) is 0 Å². The minimum atomic E-state index is 0.444. The number of rotatable bonds is 5. The Morgan fingerprint density at radius 3 is 2.78 bits per heavy atom. The quantitative estimate of drug-likeness (QED) is 0.889. The number of thiazole rings is 1. The fourth-order valence-corrected chi connectivity index (χ4v) is 3.87. The lowest BCUT2D eigenvalue weighted by atomic mass is 10.1. The molecule has 0 amide bonds. The number of hydrogen-bond acceptors (Lipinski definition) is 4. The molecule has 4 heteroatoms. The van der Waals surface area contributed by atoms with Crippen LogP contribution in [0.15, 0.2) is 0 Å². The Morgan fingerprint density at radius 1 is 1.50 bits per heavy atom. The van der Waals surface area contributed by atoms with Crippen LogP contribution in [0.1, 0.15) is 48.3 Å². The van der Waals surface area contributed by atoms with Gasteiger partial charge in [0.25, 0.3) is 0 Å². The van der Waals surface area contributed by atoms with Crippen molar-refractivity contribution in [3.63, 3.8) is 0 Å². The van der Waals surface area contributed by atoms with Gasteiger partial charge in [-0.25, -0.2) is 4.98 Å². The van der Waals surface area contributed by atoms with Gasteiger partial charge < -0.3 is 5.32 Å². The summed E-state index contributed by atoms with van der Waals surface area (Å²) in [5, 5.41) is 4.67. The molecule has 0 radical (unpaired) electrons.